The largest absolute Gasteiger partial charge is 0.494 e. The van der Waals surface area contributed by atoms with Crippen LogP contribution in [0.1, 0.15) is 23.2 Å². The number of ether oxygens (including phenoxy) is 1. The highest BCUT2D eigenvalue weighted by atomic mass is 19.1. The number of carbonyl (C=O) groups excluding carboxylic acids is 1. The molecule has 0 atom stereocenters. The Balaban J connectivity index is 2.07. The van der Waals surface area contributed by atoms with Crippen molar-refractivity contribution < 1.29 is 23.8 Å². The van der Waals surface area contributed by atoms with Gasteiger partial charge in [0.25, 0.3) is 5.91 Å². The molecular formula is C13H14FNO4. The van der Waals surface area contributed by atoms with Crippen LogP contribution >= 0.6 is 0 Å². The van der Waals surface area contributed by atoms with Crippen LogP contribution in [0.25, 0.3) is 0 Å². The highest BCUT2D eigenvalue weighted by Gasteiger charge is 2.50. The van der Waals surface area contributed by atoms with Crippen molar-refractivity contribution in [2.45, 2.75) is 12.8 Å². The van der Waals surface area contributed by atoms with E-state index in [1.54, 1.807) is 0 Å². The van der Waals surface area contributed by atoms with Crippen LogP contribution < -0.4 is 10.1 Å². The maximum Gasteiger partial charge on any atom is 0.311 e. The third-order valence-corrected chi connectivity index (χ3v) is 3.32. The molecule has 102 valence electrons. The van der Waals surface area contributed by atoms with Crippen molar-refractivity contribution in [3.05, 3.63) is 29.6 Å². The minimum absolute atomic E-state index is 0.0117. The van der Waals surface area contributed by atoms with E-state index < -0.39 is 23.1 Å². The number of nitrogens with one attached hydrogen (secondary N) is 1. The molecular weight excluding hydrogens is 253 g/mol. The summed E-state index contributed by atoms with van der Waals surface area (Å²) in [6.45, 7) is 0.0117. The first-order valence-corrected chi connectivity index (χ1v) is 5.84. The van der Waals surface area contributed by atoms with Crippen LogP contribution in [0, 0.1) is 11.2 Å². The van der Waals surface area contributed by atoms with E-state index in [0.29, 0.717) is 12.8 Å². The van der Waals surface area contributed by atoms with Crippen molar-refractivity contribution in [1.29, 1.82) is 0 Å². The molecule has 1 aliphatic carbocycles. The highest BCUT2D eigenvalue weighted by molar-refractivity contribution is 5.95. The third kappa shape index (κ3) is 2.52. The van der Waals surface area contributed by atoms with Crippen molar-refractivity contribution in [1.82, 2.24) is 5.32 Å². The Bertz CT molecular complexity index is 525. The number of amides is 1. The second-order valence-electron chi connectivity index (χ2n) is 4.59. The van der Waals surface area contributed by atoms with E-state index in [1.807, 2.05) is 0 Å². The summed E-state index contributed by atoms with van der Waals surface area (Å²) in [4.78, 5) is 22.8. The van der Waals surface area contributed by atoms with Gasteiger partial charge in [-0.15, -0.1) is 0 Å². The zero-order chi connectivity index (χ0) is 14.0. The van der Waals surface area contributed by atoms with E-state index in [9.17, 15) is 14.0 Å². The molecule has 0 aliphatic heterocycles. The number of hydrogen-bond acceptors (Lipinski definition) is 3. The number of carboxylic acids is 1. The van der Waals surface area contributed by atoms with E-state index in [0.717, 1.165) is 0 Å². The zero-order valence-corrected chi connectivity index (χ0v) is 10.4. The van der Waals surface area contributed by atoms with Crippen molar-refractivity contribution in [2.24, 2.45) is 5.41 Å². The molecule has 1 saturated carbocycles. The summed E-state index contributed by atoms with van der Waals surface area (Å²) in [5, 5.41) is 11.4. The van der Waals surface area contributed by atoms with Crippen LogP contribution in [-0.4, -0.2) is 30.6 Å². The Morgan fingerprint density at radius 2 is 2.16 bits per heavy atom. The molecule has 1 aliphatic rings. The van der Waals surface area contributed by atoms with Crippen LogP contribution in [0.3, 0.4) is 0 Å². The van der Waals surface area contributed by atoms with E-state index in [-0.39, 0.29) is 17.9 Å². The van der Waals surface area contributed by atoms with E-state index >= 15 is 0 Å². The van der Waals surface area contributed by atoms with Crippen LogP contribution in [-0.2, 0) is 4.79 Å². The molecule has 0 aromatic heterocycles. The van der Waals surface area contributed by atoms with Gasteiger partial charge in [-0.3, -0.25) is 9.59 Å². The van der Waals surface area contributed by atoms with Crippen molar-refractivity contribution >= 4 is 11.9 Å². The average Bonchev–Trinajstić information content (AvgIpc) is 3.17. The quantitative estimate of drug-likeness (QED) is 0.846. The van der Waals surface area contributed by atoms with Gasteiger partial charge in [0.05, 0.1) is 18.1 Å². The number of carboxylic acid groups (broad SMARTS) is 1. The topological polar surface area (TPSA) is 75.6 Å². The van der Waals surface area contributed by atoms with Gasteiger partial charge >= 0.3 is 5.97 Å². The zero-order valence-electron chi connectivity index (χ0n) is 10.4. The first kappa shape index (κ1) is 13.3. The summed E-state index contributed by atoms with van der Waals surface area (Å²) in [5.74, 6) is -2.34. The molecule has 1 aromatic carbocycles. The summed E-state index contributed by atoms with van der Waals surface area (Å²) >= 11 is 0. The van der Waals surface area contributed by atoms with E-state index in [1.165, 1.54) is 25.3 Å². The Kier molecular flexibility index (Phi) is 3.42. The molecule has 0 bridgehead atoms. The van der Waals surface area contributed by atoms with Crippen LogP contribution in [0.5, 0.6) is 5.75 Å². The molecule has 0 saturated heterocycles. The fraction of sp³-hybridized carbons (Fsp3) is 0.385. The Morgan fingerprint density at radius 3 is 2.68 bits per heavy atom. The first-order chi connectivity index (χ1) is 9.00. The van der Waals surface area contributed by atoms with Gasteiger partial charge in [0, 0.05) is 6.54 Å². The Labute approximate surface area is 109 Å². The average molecular weight is 267 g/mol. The summed E-state index contributed by atoms with van der Waals surface area (Å²) in [6.07, 6.45) is 1.06. The molecule has 0 radical (unpaired) electrons. The summed E-state index contributed by atoms with van der Waals surface area (Å²) < 4.78 is 18.6. The SMILES string of the molecule is COc1cccc(C(=O)NCC2(C(=O)O)CC2)c1F. The number of aliphatic carboxylic acids is 1. The second-order valence-corrected chi connectivity index (χ2v) is 4.59. The van der Waals surface area contributed by atoms with E-state index in [4.69, 9.17) is 9.84 Å². The maximum atomic E-state index is 13.8. The van der Waals surface area contributed by atoms with Gasteiger partial charge in [0.15, 0.2) is 11.6 Å². The number of benzene rings is 1. The first-order valence-electron chi connectivity index (χ1n) is 5.84. The smallest absolute Gasteiger partial charge is 0.311 e. The number of carbonyl (C=O) groups is 2. The Morgan fingerprint density at radius 1 is 1.47 bits per heavy atom. The molecule has 19 heavy (non-hydrogen) atoms. The predicted molar refractivity (Wildman–Crippen MR) is 64.6 cm³/mol. The molecule has 0 spiro atoms. The number of halogens is 1. The van der Waals surface area contributed by atoms with Crippen LogP contribution in [0.2, 0.25) is 0 Å². The molecule has 1 amide bonds. The van der Waals surface area contributed by atoms with Gasteiger partial charge < -0.3 is 15.2 Å². The standard InChI is InChI=1S/C13H14FNO4/c1-19-9-4-2-3-8(10(9)14)11(16)15-7-13(5-6-13)12(17)18/h2-4H,5-7H2,1H3,(H,15,16)(H,17,18). The maximum absolute atomic E-state index is 13.8. The molecule has 1 aromatic rings. The molecule has 2 N–H and O–H groups in total. The number of hydrogen-bond donors (Lipinski definition) is 2. The summed E-state index contributed by atoms with van der Waals surface area (Å²) in [6, 6.07) is 4.24. The van der Waals surface area contributed by atoms with Gasteiger partial charge in [-0.1, -0.05) is 6.07 Å². The fourth-order valence-corrected chi connectivity index (χ4v) is 1.81. The van der Waals surface area contributed by atoms with Crippen molar-refractivity contribution in [2.75, 3.05) is 13.7 Å². The van der Waals surface area contributed by atoms with Crippen LogP contribution in [0.4, 0.5) is 4.39 Å². The van der Waals surface area contributed by atoms with Crippen molar-refractivity contribution in [3.63, 3.8) is 0 Å². The second kappa shape index (κ2) is 4.87. The fourth-order valence-electron chi connectivity index (χ4n) is 1.81. The number of rotatable bonds is 5. The molecule has 5 nitrogen and oxygen atoms in total. The van der Waals surface area contributed by atoms with Gasteiger partial charge in [-0.05, 0) is 25.0 Å². The lowest BCUT2D eigenvalue weighted by molar-refractivity contribution is -0.143. The van der Waals surface area contributed by atoms with Gasteiger partial charge in [0.1, 0.15) is 0 Å². The highest BCUT2D eigenvalue weighted by Crippen LogP contribution is 2.45. The minimum atomic E-state index is -0.932. The molecule has 2 rings (SSSR count). The van der Waals surface area contributed by atoms with Gasteiger partial charge in [-0.2, -0.15) is 0 Å². The predicted octanol–water partition coefficient (Wildman–Crippen LogP) is 1.43. The Hall–Kier alpha value is -2.11. The van der Waals surface area contributed by atoms with Gasteiger partial charge in [-0.25, -0.2) is 4.39 Å². The lowest BCUT2D eigenvalue weighted by Gasteiger charge is -2.12. The van der Waals surface area contributed by atoms with Crippen molar-refractivity contribution in [3.8, 4) is 5.75 Å². The molecule has 6 heteroatoms. The monoisotopic (exact) mass is 267 g/mol. The van der Waals surface area contributed by atoms with Crippen LogP contribution in [0.15, 0.2) is 18.2 Å². The molecule has 0 heterocycles. The summed E-state index contributed by atoms with van der Waals surface area (Å²) in [7, 11) is 1.31. The molecule has 0 unspecified atom stereocenters. The molecule has 1 fully saturated rings. The normalized spacial score (nSPS) is 15.7. The van der Waals surface area contributed by atoms with E-state index in [2.05, 4.69) is 5.32 Å². The lowest BCUT2D eigenvalue weighted by atomic mass is 10.1. The number of methoxy groups -OCH3 is 1. The third-order valence-electron chi connectivity index (χ3n) is 3.32. The minimum Gasteiger partial charge on any atom is -0.494 e. The van der Waals surface area contributed by atoms with Gasteiger partial charge in [0.2, 0.25) is 0 Å². The summed E-state index contributed by atoms with van der Waals surface area (Å²) in [5.41, 5.74) is -1.02. The lowest BCUT2D eigenvalue weighted by Crippen LogP contribution is -2.34.